The average molecular weight is 521 g/mol. The Hall–Kier alpha value is -1.12. The van der Waals surface area contributed by atoms with Crippen molar-refractivity contribution in [3.05, 3.63) is 12.2 Å². The van der Waals surface area contributed by atoms with Crippen LogP contribution in [0.1, 0.15) is 187 Å². The van der Waals surface area contributed by atoms with Gasteiger partial charge in [0.1, 0.15) is 11.7 Å². The fourth-order valence-corrected chi connectivity index (χ4v) is 5.16. The van der Waals surface area contributed by atoms with E-state index in [1.807, 2.05) is 0 Å². The summed E-state index contributed by atoms with van der Waals surface area (Å²) in [6.45, 7) is 4.52. The number of carbonyl (C=O) groups excluding carboxylic acids is 1. The first-order valence-corrected chi connectivity index (χ1v) is 16.5. The van der Waals surface area contributed by atoms with Gasteiger partial charge >= 0.3 is 5.97 Å². The van der Waals surface area contributed by atoms with Crippen LogP contribution in [0.15, 0.2) is 12.2 Å². The van der Waals surface area contributed by atoms with Crippen molar-refractivity contribution in [1.29, 1.82) is 0 Å². The number of Topliss-reactive ketones (excluding diaryl/α,β-unsaturated/α-hetero) is 1. The molecular weight excluding hydrogens is 456 g/mol. The summed E-state index contributed by atoms with van der Waals surface area (Å²) in [5.41, 5.74) is 0. The number of hydrogen-bond donors (Lipinski definition) is 1. The van der Waals surface area contributed by atoms with Crippen molar-refractivity contribution in [2.75, 3.05) is 0 Å². The van der Waals surface area contributed by atoms with E-state index in [0.29, 0.717) is 12.8 Å². The van der Waals surface area contributed by atoms with Gasteiger partial charge in [0.15, 0.2) is 0 Å². The first-order valence-electron chi connectivity index (χ1n) is 16.5. The van der Waals surface area contributed by atoms with Crippen LogP contribution in [0.2, 0.25) is 0 Å². The van der Waals surface area contributed by atoms with E-state index in [1.165, 1.54) is 116 Å². The second kappa shape index (κ2) is 29.4. The molecule has 0 aromatic carbocycles. The van der Waals surface area contributed by atoms with Crippen molar-refractivity contribution >= 4 is 11.8 Å². The number of hydrogen-bond acceptors (Lipinski definition) is 2. The van der Waals surface area contributed by atoms with Gasteiger partial charge in [-0.25, -0.2) is 0 Å². The molecule has 0 aliphatic heterocycles. The van der Waals surface area contributed by atoms with E-state index >= 15 is 0 Å². The van der Waals surface area contributed by atoms with Crippen molar-refractivity contribution in [3.8, 4) is 0 Å². The lowest BCUT2D eigenvalue weighted by Crippen LogP contribution is -2.23. The molecule has 218 valence electrons. The van der Waals surface area contributed by atoms with E-state index in [0.717, 1.165) is 44.9 Å². The van der Waals surface area contributed by atoms with Gasteiger partial charge in [0.2, 0.25) is 0 Å². The highest BCUT2D eigenvalue weighted by Gasteiger charge is 2.24. The number of unbranched alkanes of at least 4 members (excludes halogenated alkanes) is 22. The minimum absolute atomic E-state index is 0.0480. The van der Waals surface area contributed by atoms with Gasteiger partial charge in [-0.3, -0.25) is 9.59 Å². The maximum absolute atomic E-state index is 12.5. The van der Waals surface area contributed by atoms with E-state index in [-0.39, 0.29) is 5.78 Å². The van der Waals surface area contributed by atoms with Crippen molar-refractivity contribution in [3.63, 3.8) is 0 Å². The predicted octanol–water partition coefficient (Wildman–Crippen LogP) is 11.4. The van der Waals surface area contributed by atoms with Gasteiger partial charge in [-0.05, 0) is 38.5 Å². The standard InChI is InChI=1S/C34H64O3/c1-3-5-7-9-11-13-15-17-19-20-22-24-26-28-30-32(34(36)37)33(35)31-29-27-25-23-21-18-16-14-12-10-8-6-4-2/h17,19,32H,3-16,18,20-31H2,1-2H3,(H,36,37)/b19-17-. The zero-order valence-electron chi connectivity index (χ0n) is 25.1. The number of allylic oxidation sites excluding steroid dienone is 2. The topological polar surface area (TPSA) is 54.4 Å². The van der Waals surface area contributed by atoms with Crippen LogP contribution in [0.5, 0.6) is 0 Å². The van der Waals surface area contributed by atoms with Crippen LogP contribution in [0.4, 0.5) is 0 Å². The van der Waals surface area contributed by atoms with Crippen LogP contribution in [0.25, 0.3) is 0 Å². The second-order valence-corrected chi connectivity index (χ2v) is 11.4. The molecular formula is C34H64O3. The van der Waals surface area contributed by atoms with Gasteiger partial charge in [-0.1, -0.05) is 154 Å². The Kier molecular flexibility index (Phi) is 28.5. The van der Waals surface area contributed by atoms with Crippen molar-refractivity contribution in [2.24, 2.45) is 5.92 Å². The highest BCUT2D eigenvalue weighted by molar-refractivity contribution is 5.98. The first kappa shape index (κ1) is 35.9. The van der Waals surface area contributed by atoms with Gasteiger partial charge in [-0.15, -0.1) is 0 Å². The van der Waals surface area contributed by atoms with E-state index in [1.54, 1.807) is 0 Å². The molecule has 0 fully saturated rings. The van der Waals surface area contributed by atoms with Gasteiger partial charge in [0.05, 0.1) is 0 Å². The molecule has 0 amide bonds. The average Bonchev–Trinajstić information content (AvgIpc) is 2.88. The van der Waals surface area contributed by atoms with Crippen molar-refractivity contribution < 1.29 is 14.7 Å². The molecule has 0 aromatic heterocycles. The maximum atomic E-state index is 12.5. The molecule has 0 aromatic rings. The highest BCUT2D eigenvalue weighted by atomic mass is 16.4. The zero-order chi connectivity index (χ0) is 27.2. The Bertz CT molecular complexity index is 525. The summed E-state index contributed by atoms with van der Waals surface area (Å²) in [6.07, 6.45) is 36.8. The smallest absolute Gasteiger partial charge is 0.314 e. The third-order valence-electron chi connectivity index (χ3n) is 7.72. The Morgan fingerprint density at radius 2 is 0.865 bits per heavy atom. The molecule has 1 unspecified atom stereocenters. The molecule has 0 heterocycles. The summed E-state index contributed by atoms with van der Waals surface area (Å²) < 4.78 is 0. The van der Waals surface area contributed by atoms with E-state index in [2.05, 4.69) is 26.0 Å². The third kappa shape index (κ3) is 26.3. The maximum Gasteiger partial charge on any atom is 0.314 e. The summed E-state index contributed by atoms with van der Waals surface area (Å²) in [5.74, 6) is -1.75. The fourth-order valence-electron chi connectivity index (χ4n) is 5.16. The van der Waals surface area contributed by atoms with Gasteiger partial charge in [-0.2, -0.15) is 0 Å². The lowest BCUT2D eigenvalue weighted by molar-refractivity contribution is -0.146. The van der Waals surface area contributed by atoms with Crippen LogP contribution >= 0.6 is 0 Å². The van der Waals surface area contributed by atoms with Crippen molar-refractivity contribution in [1.82, 2.24) is 0 Å². The molecule has 3 heteroatoms. The van der Waals surface area contributed by atoms with Crippen LogP contribution in [-0.2, 0) is 9.59 Å². The second-order valence-electron chi connectivity index (χ2n) is 11.4. The molecule has 0 bridgehead atoms. The molecule has 1 atom stereocenters. The zero-order valence-corrected chi connectivity index (χ0v) is 25.1. The molecule has 0 aliphatic rings. The van der Waals surface area contributed by atoms with Crippen molar-refractivity contribution in [2.45, 2.75) is 187 Å². The lowest BCUT2D eigenvalue weighted by Gasteiger charge is -2.11. The SMILES string of the molecule is CCCCCCCC/C=C\CCCCCCC(C(=O)O)C(=O)CCCCCCCCCCCCCCC. The monoisotopic (exact) mass is 520 g/mol. The molecule has 0 saturated heterocycles. The minimum Gasteiger partial charge on any atom is -0.481 e. The highest BCUT2D eigenvalue weighted by Crippen LogP contribution is 2.18. The Morgan fingerprint density at radius 1 is 0.514 bits per heavy atom. The molecule has 0 rings (SSSR count). The van der Waals surface area contributed by atoms with Gasteiger partial charge in [0.25, 0.3) is 0 Å². The quantitative estimate of drug-likeness (QED) is 0.0582. The molecule has 0 aliphatic carbocycles. The first-order chi connectivity index (χ1) is 18.1. The Labute approximate surface area is 231 Å². The Balaban J connectivity index is 3.61. The molecule has 1 N–H and O–H groups in total. The number of carboxylic acids is 1. The molecule has 0 radical (unpaired) electrons. The summed E-state index contributed by atoms with van der Waals surface area (Å²) >= 11 is 0. The Morgan fingerprint density at radius 3 is 1.27 bits per heavy atom. The molecule has 37 heavy (non-hydrogen) atoms. The number of ketones is 1. The lowest BCUT2D eigenvalue weighted by atomic mass is 9.93. The minimum atomic E-state index is -0.919. The largest absolute Gasteiger partial charge is 0.481 e. The van der Waals surface area contributed by atoms with E-state index < -0.39 is 11.9 Å². The fraction of sp³-hybridized carbons (Fsp3) is 0.882. The van der Waals surface area contributed by atoms with Crippen LogP contribution < -0.4 is 0 Å². The number of carbonyl (C=O) groups is 2. The molecule has 0 saturated carbocycles. The summed E-state index contributed by atoms with van der Waals surface area (Å²) in [6, 6.07) is 0. The summed E-state index contributed by atoms with van der Waals surface area (Å²) in [4.78, 5) is 24.1. The number of rotatable bonds is 30. The summed E-state index contributed by atoms with van der Waals surface area (Å²) in [7, 11) is 0. The van der Waals surface area contributed by atoms with Crippen LogP contribution in [-0.4, -0.2) is 16.9 Å². The van der Waals surface area contributed by atoms with Crippen LogP contribution in [0.3, 0.4) is 0 Å². The number of aliphatic carboxylic acids is 1. The summed E-state index contributed by atoms with van der Waals surface area (Å²) in [5, 5.41) is 9.52. The van der Waals surface area contributed by atoms with Gasteiger partial charge < -0.3 is 5.11 Å². The normalized spacial score (nSPS) is 12.4. The predicted molar refractivity (Wildman–Crippen MR) is 161 cm³/mol. The number of carboxylic acid groups (broad SMARTS) is 1. The van der Waals surface area contributed by atoms with E-state index in [4.69, 9.17) is 0 Å². The molecule has 0 spiro atoms. The van der Waals surface area contributed by atoms with Gasteiger partial charge in [0, 0.05) is 6.42 Å². The molecule has 3 nitrogen and oxygen atoms in total. The third-order valence-corrected chi connectivity index (χ3v) is 7.72. The van der Waals surface area contributed by atoms with Crippen LogP contribution in [0, 0.1) is 5.92 Å². The van der Waals surface area contributed by atoms with E-state index in [9.17, 15) is 14.7 Å².